The topological polar surface area (TPSA) is 118 Å². The molecular weight excluding hydrogens is 252 g/mol. The number of benzene rings is 2. The number of phenolic OH excluding ortho intramolecular Hbond substituents is 5. The number of carbonyl (C=O) groups is 1. The summed E-state index contributed by atoms with van der Waals surface area (Å²) in [7, 11) is 0. The predicted molar refractivity (Wildman–Crippen MR) is 64.6 cm³/mol. The summed E-state index contributed by atoms with van der Waals surface area (Å²) >= 11 is 0. The first-order valence-electron chi connectivity index (χ1n) is 5.22. The Morgan fingerprint density at radius 2 is 1.42 bits per heavy atom. The molecule has 2 aromatic rings. The van der Waals surface area contributed by atoms with Crippen molar-refractivity contribution in [2.24, 2.45) is 0 Å². The van der Waals surface area contributed by atoms with Crippen LogP contribution in [0.4, 0.5) is 0 Å². The van der Waals surface area contributed by atoms with E-state index in [-0.39, 0.29) is 11.3 Å². The minimum absolute atomic E-state index is 0.228. The van der Waals surface area contributed by atoms with E-state index in [4.69, 9.17) is 5.11 Å². The molecule has 2 aromatic carbocycles. The Hall–Kier alpha value is -2.89. The van der Waals surface area contributed by atoms with Crippen molar-refractivity contribution in [2.45, 2.75) is 0 Å². The zero-order chi connectivity index (χ0) is 14.2. The maximum absolute atomic E-state index is 12.1. The van der Waals surface area contributed by atoms with Crippen LogP contribution >= 0.6 is 0 Å². The third-order valence-corrected chi connectivity index (χ3v) is 2.59. The molecule has 19 heavy (non-hydrogen) atoms. The van der Waals surface area contributed by atoms with Gasteiger partial charge in [-0.05, 0) is 24.3 Å². The molecule has 0 spiro atoms. The number of carbonyl (C=O) groups excluding carboxylic acids is 1. The molecule has 0 aliphatic carbocycles. The molecule has 6 nitrogen and oxygen atoms in total. The van der Waals surface area contributed by atoms with E-state index >= 15 is 0 Å². The van der Waals surface area contributed by atoms with Crippen LogP contribution in [0.3, 0.4) is 0 Å². The molecule has 0 aliphatic heterocycles. The van der Waals surface area contributed by atoms with Gasteiger partial charge in [-0.25, -0.2) is 0 Å². The molecule has 98 valence electrons. The maximum atomic E-state index is 12.1. The molecule has 0 saturated carbocycles. The molecule has 0 aromatic heterocycles. The fourth-order valence-corrected chi connectivity index (χ4v) is 1.64. The van der Waals surface area contributed by atoms with Gasteiger partial charge in [0.25, 0.3) is 0 Å². The van der Waals surface area contributed by atoms with Crippen molar-refractivity contribution in [2.75, 3.05) is 0 Å². The maximum Gasteiger partial charge on any atom is 0.204 e. The highest BCUT2D eigenvalue weighted by Gasteiger charge is 2.23. The summed E-state index contributed by atoms with van der Waals surface area (Å²) < 4.78 is 0. The summed E-state index contributed by atoms with van der Waals surface area (Å²) in [5.74, 6) is -3.52. The summed E-state index contributed by atoms with van der Waals surface area (Å²) in [5, 5.41) is 47.2. The Morgan fingerprint density at radius 1 is 0.789 bits per heavy atom. The lowest BCUT2D eigenvalue weighted by molar-refractivity contribution is 0.103. The van der Waals surface area contributed by atoms with E-state index in [1.165, 1.54) is 6.07 Å². The standard InChI is InChI=1S/C13H10O6/c14-6-1-2-7(10(17)5-6)12(18)11-8(15)3-4-9(16)13(11)19/h1-5,14-17,19H. The highest BCUT2D eigenvalue weighted by atomic mass is 16.3. The lowest BCUT2D eigenvalue weighted by Gasteiger charge is -2.09. The number of hydrogen-bond acceptors (Lipinski definition) is 6. The summed E-state index contributed by atoms with van der Waals surface area (Å²) in [6, 6.07) is 5.32. The minimum Gasteiger partial charge on any atom is -0.508 e. The van der Waals surface area contributed by atoms with Gasteiger partial charge >= 0.3 is 0 Å². The highest BCUT2D eigenvalue weighted by molar-refractivity contribution is 6.14. The zero-order valence-electron chi connectivity index (χ0n) is 9.53. The van der Waals surface area contributed by atoms with Crippen molar-refractivity contribution in [3.05, 3.63) is 41.5 Å². The molecule has 0 heterocycles. The van der Waals surface area contributed by atoms with Gasteiger partial charge in [-0.2, -0.15) is 0 Å². The van der Waals surface area contributed by atoms with E-state index in [9.17, 15) is 25.2 Å². The first-order valence-corrected chi connectivity index (χ1v) is 5.22. The Balaban J connectivity index is 2.59. The molecule has 0 fully saturated rings. The van der Waals surface area contributed by atoms with Crippen LogP contribution in [-0.4, -0.2) is 31.3 Å². The molecular formula is C13H10O6. The largest absolute Gasteiger partial charge is 0.508 e. The van der Waals surface area contributed by atoms with Crippen LogP contribution in [0.1, 0.15) is 15.9 Å². The van der Waals surface area contributed by atoms with Gasteiger partial charge in [0.15, 0.2) is 11.5 Å². The van der Waals surface area contributed by atoms with Gasteiger partial charge in [-0.3, -0.25) is 4.79 Å². The second kappa shape index (κ2) is 4.41. The van der Waals surface area contributed by atoms with Gasteiger partial charge < -0.3 is 25.5 Å². The summed E-state index contributed by atoms with van der Waals surface area (Å²) in [5.41, 5.74) is -0.755. The fourth-order valence-electron chi connectivity index (χ4n) is 1.64. The monoisotopic (exact) mass is 262 g/mol. The Morgan fingerprint density at radius 3 is 2.05 bits per heavy atom. The minimum atomic E-state index is -0.886. The van der Waals surface area contributed by atoms with Crippen LogP contribution in [0.5, 0.6) is 28.7 Å². The Bertz CT molecular complexity index is 662. The van der Waals surface area contributed by atoms with E-state index < -0.39 is 34.3 Å². The normalized spacial score (nSPS) is 10.3. The molecule has 0 bridgehead atoms. The Labute approximate surface area is 107 Å². The second-order valence-corrected chi connectivity index (χ2v) is 3.86. The highest BCUT2D eigenvalue weighted by Crippen LogP contribution is 2.38. The smallest absolute Gasteiger partial charge is 0.204 e. The molecule has 0 unspecified atom stereocenters. The van der Waals surface area contributed by atoms with E-state index in [1.54, 1.807) is 0 Å². The zero-order valence-corrected chi connectivity index (χ0v) is 9.53. The number of hydrogen-bond donors (Lipinski definition) is 5. The quantitative estimate of drug-likeness (QED) is 0.317. The van der Waals surface area contributed by atoms with E-state index in [0.29, 0.717) is 0 Å². The molecule has 5 N–H and O–H groups in total. The molecule has 0 radical (unpaired) electrons. The van der Waals surface area contributed by atoms with Crippen LogP contribution in [0, 0.1) is 0 Å². The van der Waals surface area contributed by atoms with E-state index in [1.807, 2.05) is 0 Å². The molecule has 2 rings (SSSR count). The molecule has 6 heteroatoms. The van der Waals surface area contributed by atoms with Crippen LogP contribution < -0.4 is 0 Å². The first-order chi connectivity index (χ1) is 8.91. The van der Waals surface area contributed by atoms with E-state index in [2.05, 4.69) is 0 Å². The van der Waals surface area contributed by atoms with Gasteiger partial charge in [-0.1, -0.05) is 0 Å². The van der Waals surface area contributed by atoms with Gasteiger partial charge in [0.2, 0.25) is 5.78 Å². The fraction of sp³-hybridized carbons (Fsp3) is 0. The van der Waals surface area contributed by atoms with Crippen molar-refractivity contribution in [1.82, 2.24) is 0 Å². The number of phenols is 5. The summed E-state index contributed by atoms with van der Waals surface area (Å²) in [4.78, 5) is 12.1. The second-order valence-electron chi connectivity index (χ2n) is 3.86. The summed E-state index contributed by atoms with van der Waals surface area (Å²) in [6.07, 6.45) is 0. The van der Waals surface area contributed by atoms with Crippen LogP contribution in [-0.2, 0) is 0 Å². The molecule has 0 atom stereocenters. The van der Waals surface area contributed by atoms with Gasteiger partial charge in [0.1, 0.15) is 22.8 Å². The average Bonchev–Trinajstić information content (AvgIpc) is 2.34. The van der Waals surface area contributed by atoms with E-state index in [0.717, 1.165) is 24.3 Å². The third kappa shape index (κ3) is 2.11. The molecule has 0 saturated heterocycles. The first kappa shape index (κ1) is 12.6. The predicted octanol–water partition coefficient (Wildman–Crippen LogP) is 1.45. The van der Waals surface area contributed by atoms with Crippen molar-refractivity contribution in [3.8, 4) is 28.7 Å². The third-order valence-electron chi connectivity index (χ3n) is 2.59. The van der Waals surface area contributed by atoms with Crippen LogP contribution in [0.2, 0.25) is 0 Å². The molecule has 0 amide bonds. The van der Waals surface area contributed by atoms with Crippen LogP contribution in [0.15, 0.2) is 30.3 Å². The van der Waals surface area contributed by atoms with Gasteiger partial charge in [-0.15, -0.1) is 0 Å². The molecule has 0 aliphatic rings. The van der Waals surface area contributed by atoms with Gasteiger partial charge in [0, 0.05) is 6.07 Å². The van der Waals surface area contributed by atoms with Crippen molar-refractivity contribution in [3.63, 3.8) is 0 Å². The lowest BCUT2D eigenvalue weighted by atomic mass is 10.00. The van der Waals surface area contributed by atoms with Crippen molar-refractivity contribution < 1.29 is 30.3 Å². The number of aromatic hydroxyl groups is 5. The van der Waals surface area contributed by atoms with Gasteiger partial charge in [0.05, 0.1) is 5.56 Å². The number of ketones is 1. The average molecular weight is 262 g/mol. The van der Waals surface area contributed by atoms with Crippen LogP contribution in [0.25, 0.3) is 0 Å². The van der Waals surface area contributed by atoms with Crippen molar-refractivity contribution in [1.29, 1.82) is 0 Å². The SMILES string of the molecule is O=C(c1ccc(O)cc1O)c1c(O)ccc(O)c1O. The Kier molecular flexibility index (Phi) is 2.92. The number of rotatable bonds is 2. The lowest BCUT2D eigenvalue weighted by Crippen LogP contribution is -2.02. The summed E-state index contributed by atoms with van der Waals surface area (Å²) in [6.45, 7) is 0. The van der Waals surface area contributed by atoms with Crippen molar-refractivity contribution >= 4 is 5.78 Å².